The average Bonchev–Trinajstić information content (AvgIpc) is 2.84. The Morgan fingerprint density at radius 3 is 2.41 bits per heavy atom. The van der Waals surface area contributed by atoms with E-state index < -0.39 is 22.0 Å². The molecular formula is C13H18N3O4PS. The number of amides is 2. The van der Waals surface area contributed by atoms with Gasteiger partial charge in [-0.05, 0) is 37.1 Å². The van der Waals surface area contributed by atoms with E-state index in [2.05, 4.69) is 19.4 Å². The van der Waals surface area contributed by atoms with Crippen LogP contribution in [0.5, 0.6) is 0 Å². The standard InChI is InChI=1S/C13H18N3O4PS/c1-9(17)14-10-4-6-11(7-5-10)22(19,20)15-13(18)12-3-2-8-16(12)21/h4-7,12H,2-3,8,21H2,1H3,(H,14,17)(H,15,18)/t12-/m0/s1. The molecule has 0 aliphatic carbocycles. The highest BCUT2D eigenvalue weighted by atomic mass is 32.2. The smallest absolute Gasteiger partial charge is 0.264 e. The van der Waals surface area contributed by atoms with Gasteiger partial charge in [0.1, 0.15) is 0 Å². The summed E-state index contributed by atoms with van der Waals surface area (Å²) >= 11 is 0. The highest BCUT2D eigenvalue weighted by Crippen LogP contribution is 2.22. The van der Waals surface area contributed by atoms with Crippen LogP contribution in [0, 0.1) is 0 Å². The second-order valence-corrected chi connectivity index (χ2v) is 7.42. The monoisotopic (exact) mass is 343 g/mol. The molecular weight excluding hydrogens is 325 g/mol. The molecule has 0 aromatic heterocycles. The third-order valence-corrected chi connectivity index (χ3v) is 5.30. The quantitative estimate of drug-likeness (QED) is 0.785. The first-order chi connectivity index (χ1) is 10.3. The van der Waals surface area contributed by atoms with Crippen LogP contribution < -0.4 is 10.0 Å². The third-order valence-electron chi connectivity index (χ3n) is 3.32. The Bertz CT molecular complexity index is 675. The van der Waals surface area contributed by atoms with E-state index in [9.17, 15) is 18.0 Å². The van der Waals surface area contributed by atoms with Gasteiger partial charge >= 0.3 is 0 Å². The van der Waals surface area contributed by atoms with Crippen molar-refractivity contribution in [3.63, 3.8) is 0 Å². The lowest BCUT2D eigenvalue weighted by Gasteiger charge is -2.18. The number of carbonyl (C=O) groups is 2. The van der Waals surface area contributed by atoms with Crippen molar-refractivity contribution in [2.24, 2.45) is 0 Å². The van der Waals surface area contributed by atoms with E-state index in [1.54, 1.807) is 4.67 Å². The molecule has 1 fully saturated rings. The molecule has 0 radical (unpaired) electrons. The van der Waals surface area contributed by atoms with Crippen LogP contribution in [0.25, 0.3) is 0 Å². The molecule has 2 N–H and O–H groups in total. The number of hydrogen-bond donors (Lipinski definition) is 2. The molecule has 7 nitrogen and oxygen atoms in total. The number of sulfonamides is 1. The predicted molar refractivity (Wildman–Crippen MR) is 85.5 cm³/mol. The summed E-state index contributed by atoms with van der Waals surface area (Å²) in [6.45, 7) is 2.11. The van der Waals surface area contributed by atoms with Crippen LogP contribution in [0.3, 0.4) is 0 Å². The van der Waals surface area contributed by atoms with E-state index in [-0.39, 0.29) is 10.8 Å². The number of nitrogens with zero attached hydrogens (tertiary/aromatic N) is 1. The van der Waals surface area contributed by atoms with E-state index >= 15 is 0 Å². The van der Waals surface area contributed by atoms with E-state index in [1.165, 1.54) is 31.2 Å². The molecule has 9 heteroatoms. The molecule has 22 heavy (non-hydrogen) atoms. The maximum Gasteiger partial charge on any atom is 0.264 e. The van der Waals surface area contributed by atoms with E-state index in [0.29, 0.717) is 12.1 Å². The zero-order valence-electron chi connectivity index (χ0n) is 12.1. The molecule has 0 saturated carbocycles. The van der Waals surface area contributed by atoms with Crippen LogP contribution in [-0.4, -0.2) is 37.5 Å². The predicted octanol–water partition coefficient (Wildman–Crippen LogP) is 0.704. The SMILES string of the molecule is CC(=O)Nc1ccc(S(=O)(=O)NC(=O)[C@@H]2CCCN2P)cc1. The fourth-order valence-corrected chi connectivity index (χ4v) is 3.73. The Morgan fingerprint density at radius 1 is 1.27 bits per heavy atom. The topological polar surface area (TPSA) is 95.6 Å². The Morgan fingerprint density at radius 2 is 1.91 bits per heavy atom. The van der Waals surface area contributed by atoms with Crippen molar-refractivity contribution >= 4 is 36.9 Å². The van der Waals surface area contributed by atoms with E-state index in [4.69, 9.17) is 0 Å². The normalized spacial score (nSPS) is 18.9. The number of anilines is 1. The fraction of sp³-hybridized carbons (Fsp3) is 0.385. The Hall–Kier alpha value is -1.50. The molecule has 1 unspecified atom stereocenters. The fourth-order valence-electron chi connectivity index (χ4n) is 2.25. The van der Waals surface area contributed by atoms with Gasteiger partial charge in [0.15, 0.2) is 0 Å². The molecule has 1 heterocycles. The summed E-state index contributed by atoms with van der Waals surface area (Å²) in [5.74, 6) is -0.774. The minimum Gasteiger partial charge on any atom is -0.326 e. The Kier molecular flexibility index (Phi) is 5.16. The molecule has 0 spiro atoms. The van der Waals surface area contributed by atoms with Gasteiger partial charge in [0.05, 0.1) is 10.9 Å². The Labute approximate surface area is 131 Å². The van der Waals surface area contributed by atoms with Crippen molar-refractivity contribution in [2.75, 3.05) is 11.9 Å². The number of benzene rings is 1. The van der Waals surface area contributed by atoms with Crippen LogP contribution in [0.1, 0.15) is 19.8 Å². The van der Waals surface area contributed by atoms with Crippen LogP contribution in [0.15, 0.2) is 29.2 Å². The molecule has 1 aromatic rings. The summed E-state index contributed by atoms with van der Waals surface area (Å²) in [4.78, 5) is 23.0. The summed E-state index contributed by atoms with van der Waals surface area (Å²) in [5, 5.41) is 2.54. The van der Waals surface area contributed by atoms with Gasteiger partial charge in [-0.25, -0.2) is 13.1 Å². The largest absolute Gasteiger partial charge is 0.326 e. The van der Waals surface area contributed by atoms with Gasteiger partial charge in [-0.1, -0.05) is 9.39 Å². The number of nitrogens with one attached hydrogen (secondary N) is 2. The summed E-state index contributed by atoms with van der Waals surface area (Å²) in [5.41, 5.74) is 0.490. The van der Waals surface area contributed by atoms with Gasteiger partial charge in [-0.15, -0.1) is 0 Å². The van der Waals surface area contributed by atoms with E-state index in [0.717, 1.165) is 13.0 Å². The van der Waals surface area contributed by atoms with Gasteiger partial charge < -0.3 is 5.32 Å². The maximum absolute atomic E-state index is 12.2. The van der Waals surface area contributed by atoms with Crippen molar-refractivity contribution in [3.05, 3.63) is 24.3 Å². The first kappa shape index (κ1) is 16.9. The van der Waals surface area contributed by atoms with Gasteiger partial charge in [-0.3, -0.25) is 14.3 Å². The minimum absolute atomic E-state index is 0.0248. The molecule has 1 aliphatic rings. The minimum atomic E-state index is -3.91. The van der Waals surface area contributed by atoms with Crippen molar-refractivity contribution in [1.82, 2.24) is 9.39 Å². The second-order valence-electron chi connectivity index (χ2n) is 5.07. The van der Waals surface area contributed by atoms with Crippen molar-refractivity contribution in [3.8, 4) is 0 Å². The molecule has 1 aromatic carbocycles. The zero-order valence-corrected chi connectivity index (χ0v) is 14.0. The lowest BCUT2D eigenvalue weighted by atomic mass is 10.2. The van der Waals surface area contributed by atoms with Crippen LogP contribution in [-0.2, 0) is 19.6 Å². The summed E-state index contributed by atoms with van der Waals surface area (Å²) < 4.78 is 28.2. The number of rotatable bonds is 4. The highest BCUT2D eigenvalue weighted by Gasteiger charge is 2.31. The van der Waals surface area contributed by atoms with Crippen LogP contribution in [0.4, 0.5) is 5.69 Å². The van der Waals surface area contributed by atoms with Crippen molar-refractivity contribution in [1.29, 1.82) is 0 Å². The van der Waals surface area contributed by atoms with Crippen molar-refractivity contribution in [2.45, 2.75) is 30.7 Å². The van der Waals surface area contributed by atoms with Gasteiger partial charge in [0, 0.05) is 19.2 Å². The van der Waals surface area contributed by atoms with Crippen molar-refractivity contribution < 1.29 is 18.0 Å². The number of carbonyl (C=O) groups excluding carboxylic acids is 2. The van der Waals surface area contributed by atoms with Gasteiger partial charge in [-0.2, -0.15) is 0 Å². The molecule has 1 aliphatic heterocycles. The first-order valence-corrected chi connectivity index (χ1v) is 8.75. The highest BCUT2D eigenvalue weighted by molar-refractivity contribution is 7.90. The first-order valence-electron chi connectivity index (χ1n) is 6.75. The maximum atomic E-state index is 12.2. The van der Waals surface area contributed by atoms with Crippen LogP contribution in [0.2, 0.25) is 0 Å². The lowest BCUT2D eigenvalue weighted by Crippen LogP contribution is -2.42. The van der Waals surface area contributed by atoms with Gasteiger partial charge in [0.25, 0.3) is 15.9 Å². The molecule has 2 amide bonds. The summed E-state index contributed by atoms with van der Waals surface area (Å²) in [7, 11) is -1.48. The molecule has 2 atom stereocenters. The van der Waals surface area contributed by atoms with Gasteiger partial charge in [0.2, 0.25) is 5.91 Å². The summed E-state index contributed by atoms with van der Waals surface area (Å²) in [6.07, 6.45) is 1.49. The molecule has 1 saturated heterocycles. The van der Waals surface area contributed by atoms with Crippen LogP contribution >= 0.6 is 9.39 Å². The Balaban J connectivity index is 2.09. The zero-order chi connectivity index (χ0) is 16.3. The molecule has 0 bridgehead atoms. The lowest BCUT2D eigenvalue weighted by molar-refractivity contribution is -0.122. The number of hydrogen-bond acceptors (Lipinski definition) is 5. The summed E-state index contributed by atoms with van der Waals surface area (Å²) in [6, 6.07) is 5.18. The van der Waals surface area contributed by atoms with E-state index in [1.807, 2.05) is 0 Å². The molecule has 2 rings (SSSR count). The second kappa shape index (κ2) is 6.73. The third kappa shape index (κ3) is 4.03. The average molecular weight is 343 g/mol. The molecule has 120 valence electrons.